The summed E-state index contributed by atoms with van der Waals surface area (Å²) < 4.78 is 1.07. The lowest BCUT2D eigenvalue weighted by atomic mass is 10.1. The van der Waals surface area contributed by atoms with Crippen LogP contribution in [0.5, 0.6) is 0 Å². The van der Waals surface area contributed by atoms with Crippen molar-refractivity contribution in [2.24, 2.45) is 0 Å². The fraction of sp³-hybridized carbons (Fsp3) is 0.111. The number of aryl methyl sites for hydroxylation is 1. The number of anilines is 2. The van der Waals surface area contributed by atoms with Gasteiger partial charge >= 0.3 is 0 Å². The van der Waals surface area contributed by atoms with Gasteiger partial charge < -0.3 is 4.90 Å². The van der Waals surface area contributed by atoms with Crippen molar-refractivity contribution in [1.82, 2.24) is 0 Å². The number of hydrogen-bond acceptors (Lipinski definition) is 1. The highest BCUT2D eigenvalue weighted by Crippen LogP contribution is 2.31. The van der Waals surface area contributed by atoms with Crippen LogP contribution in [0.15, 0.2) is 77.4 Å². The molecule has 0 saturated carbocycles. The molecule has 2 aromatic carbocycles. The highest BCUT2D eigenvalue weighted by atomic mass is 79.9. The third-order valence-corrected chi connectivity index (χ3v) is 3.67. The quantitative estimate of drug-likeness (QED) is 0.624. The van der Waals surface area contributed by atoms with Gasteiger partial charge in [0.05, 0.1) is 0 Å². The first-order chi connectivity index (χ1) is 9.65. The molecular formula is C18H18BrN. The predicted octanol–water partition coefficient (Wildman–Crippen LogP) is 5.99. The van der Waals surface area contributed by atoms with Crippen LogP contribution in [0.3, 0.4) is 0 Å². The minimum absolute atomic E-state index is 1.07. The monoisotopic (exact) mass is 327 g/mol. The molecule has 0 aliphatic heterocycles. The second-order valence-corrected chi connectivity index (χ2v) is 5.48. The first-order valence-electron chi connectivity index (χ1n) is 6.57. The van der Waals surface area contributed by atoms with Gasteiger partial charge in [0.2, 0.25) is 0 Å². The first-order valence-corrected chi connectivity index (χ1v) is 7.36. The van der Waals surface area contributed by atoms with Gasteiger partial charge in [-0.25, -0.2) is 0 Å². The van der Waals surface area contributed by atoms with Gasteiger partial charge in [0, 0.05) is 21.5 Å². The summed E-state index contributed by atoms with van der Waals surface area (Å²) >= 11 is 3.48. The highest BCUT2D eigenvalue weighted by molar-refractivity contribution is 9.10. The lowest BCUT2D eigenvalue weighted by Gasteiger charge is -2.26. The van der Waals surface area contributed by atoms with E-state index >= 15 is 0 Å². The van der Waals surface area contributed by atoms with Crippen LogP contribution in [0, 0.1) is 6.92 Å². The van der Waals surface area contributed by atoms with Crippen LogP contribution in [0.1, 0.15) is 12.5 Å². The highest BCUT2D eigenvalue weighted by Gasteiger charge is 2.11. The van der Waals surface area contributed by atoms with Crippen LogP contribution in [0.2, 0.25) is 0 Å². The maximum Gasteiger partial charge on any atom is 0.0462 e. The molecule has 1 nitrogen and oxygen atoms in total. The standard InChI is InChI=1S/C18H18BrN/c1-4-16(5-2)20(17-10-6-14(3)7-11-17)18-12-8-15(19)9-13-18/h4-13H,1H2,2-3H3. The molecule has 0 heterocycles. The lowest BCUT2D eigenvalue weighted by molar-refractivity contribution is 1.20. The molecular weight excluding hydrogens is 310 g/mol. The van der Waals surface area contributed by atoms with Crippen LogP contribution in [-0.2, 0) is 0 Å². The van der Waals surface area contributed by atoms with Crippen molar-refractivity contribution in [3.8, 4) is 0 Å². The summed E-state index contributed by atoms with van der Waals surface area (Å²) in [6, 6.07) is 16.8. The van der Waals surface area contributed by atoms with Gasteiger partial charge in [0.25, 0.3) is 0 Å². The van der Waals surface area contributed by atoms with Gasteiger partial charge in [-0.2, -0.15) is 0 Å². The minimum Gasteiger partial charge on any atom is -0.311 e. The second kappa shape index (κ2) is 6.58. The van der Waals surface area contributed by atoms with Crippen molar-refractivity contribution >= 4 is 27.3 Å². The topological polar surface area (TPSA) is 3.24 Å². The Bertz CT molecular complexity index is 563. The van der Waals surface area contributed by atoms with Crippen LogP contribution in [0.25, 0.3) is 0 Å². The van der Waals surface area contributed by atoms with Crippen molar-refractivity contribution < 1.29 is 0 Å². The molecule has 0 amide bonds. The average Bonchev–Trinajstić information content (AvgIpc) is 2.47. The number of nitrogens with zero attached hydrogens (tertiary/aromatic N) is 1. The van der Waals surface area contributed by atoms with E-state index < -0.39 is 0 Å². The van der Waals surface area contributed by atoms with Crippen LogP contribution in [-0.4, -0.2) is 0 Å². The molecule has 0 saturated heterocycles. The zero-order valence-electron chi connectivity index (χ0n) is 11.8. The molecule has 0 aliphatic rings. The van der Waals surface area contributed by atoms with Gasteiger partial charge in [-0.3, -0.25) is 0 Å². The molecule has 0 spiro atoms. The summed E-state index contributed by atoms with van der Waals surface area (Å²) in [7, 11) is 0. The first kappa shape index (κ1) is 14.6. The molecule has 0 atom stereocenters. The van der Waals surface area contributed by atoms with Crippen molar-refractivity contribution in [2.45, 2.75) is 13.8 Å². The van der Waals surface area contributed by atoms with E-state index in [0.29, 0.717) is 0 Å². The predicted molar refractivity (Wildman–Crippen MR) is 91.4 cm³/mol. The van der Waals surface area contributed by atoms with Crippen molar-refractivity contribution in [3.05, 3.63) is 83.0 Å². The number of rotatable bonds is 4. The summed E-state index contributed by atoms with van der Waals surface area (Å²) in [5, 5.41) is 0. The SMILES string of the molecule is C=CC(=CC)N(c1ccc(C)cc1)c1ccc(Br)cc1. The summed E-state index contributed by atoms with van der Waals surface area (Å²) in [4.78, 5) is 2.19. The Morgan fingerprint density at radius 2 is 1.50 bits per heavy atom. The maximum atomic E-state index is 3.92. The van der Waals surface area contributed by atoms with Crippen LogP contribution < -0.4 is 4.90 Å². The second-order valence-electron chi connectivity index (χ2n) is 4.57. The summed E-state index contributed by atoms with van der Waals surface area (Å²) in [5.74, 6) is 0. The normalized spacial score (nSPS) is 11.2. The Kier molecular flexibility index (Phi) is 4.80. The molecule has 0 N–H and O–H groups in total. The summed E-state index contributed by atoms with van der Waals surface area (Å²) in [6.45, 7) is 8.04. The molecule has 0 unspecified atom stereocenters. The molecule has 0 radical (unpaired) electrons. The number of halogens is 1. The van der Waals surface area contributed by atoms with Crippen molar-refractivity contribution in [2.75, 3.05) is 4.90 Å². The maximum absolute atomic E-state index is 3.92. The van der Waals surface area contributed by atoms with E-state index in [1.807, 2.05) is 25.1 Å². The van der Waals surface area contributed by atoms with Crippen LogP contribution >= 0.6 is 15.9 Å². The minimum atomic E-state index is 1.07. The molecule has 102 valence electrons. The summed E-state index contributed by atoms with van der Waals surface area (Å²) in [5.41, 5.74) is 4.57. The van der Waals surface area contributed by atoms with E-state index in [1.54, 1.807) is 0 Å². The number of allylic oxidation sites excluding steroid dienone is 2. The number of hydrogen-bond donors (Lipinski definition) is 0. The van der Waals surface area contributed by atoms with E-state index in [-0.39, 0.29) is 0 Å². The van der Waals surface area contributed by atoms with Gasteiger partial charge in [0.15, 0.2) is 0 Å². The van der Waals surface area contributed by atoms with Crippen molar-refractivity contribution in [3.63, 3.8) is 0 Å². The third kappa shape index (κ3) is 3.20. The Labute approximate surface area is 129 Å². The van der Waals surface area contributed by atoms with Gasteiger partial charge in [0.1, 0.15) is 0 Å². The fourth-order valence-electron chi connectivity index (χ4n) is 2.07. The molecule has 2 heteroatoms. The van der Waals surface area contributed by atoms with E-state index in [9.17, 15) is 0 Å². The van der Waals surface area contributed by atoms with Gasteiger partial charge in [-0.1, -0.05) is 46.3 Å². The molecule has 0 aromatic heterocycles. The Hall–Kier alpha value is -1.80. The van der Waals surface area contributed by atoms with E-state index in [0.717, 1.165) is 21.5 Å². The molecule has 0 fully saturated rings. The lowest BCUT2D eigenvalue weighted by Crippen LogP contribution is -2.14. The average molecular weight is 328 g/mol. The molecule has 0 bridgehead atoms. The van der Waals surface area contributed by atoms with E-state index in [2.05, 4.69) is 76.8 Å². The molecule has 2 rings (SSSR count). The van der Waals surface area contributed by atoms with E-state index in [4.69, 9.17) is 0 Å². The Morgan fingerprint density at radius 3 is 1.95 bits per heavy atom. The number of benzene rings is 2. The largest absolute Gasteiger partial charge is 0.311 e. The summed E-state index contributed by atoms with van der Waals surface area (Å²) in [6.07, 6.45) is 3.94. The Balaban J connectivity index is 2.52. The van der Waals surface area contributed by atoms with E-state index in [1.165, 1.54) is 5.56 Å². The van der Waals surface area contributed by atoms with Gasteiger partial charge in [-0.05, 0) is 56.3 Å². The molecule has 20 heavy (non-hydrogen) atoms. The van der Waals surface area contributed by atoms with Gasteiger partial charge in [-0.15, -0.1) is 0 Å². The fourth-order valence-corrected chi connectivity index (χ4v) is 2.33. The van der Waals surface area contributed by atoms with Crippen LogP contribution in [0.4, 0.5) is 11.4 Å². The third-order valence-electron chi connectivity index (χ3n) is 3.14. The zero-order chi connectivity index (χ0) is 14.5. The Morgan fingerprint density at radius 1 is 1.00 bits per heavy atom. The zero-order valence-corrected chi connectivity index (χ0v) is 13.4. The molecule has 0 aliphatic carbocycles. The smallest absolute Gasteiger partial charge is 0.0462 e. The molecule has 2 aromatic rings. The van der Waals surface area contributed by atoms with Crippen molar-refractivity contribution in [1.29, 1.82) is 0 Å².